The molecule has 1 heterocycles. The van der Waals surface area contributed by atoms with Crippen LogP contribution in [0.2, 0.25) is 0 Å². The molecule has 0 N–H and O–H groups in total. The van der Waals surface area contributed by atoms with Crippen LogP contribution in [0, 0.1) is 13.8 Å². The molecule has 0 amide bonds. The van der Waals surface area contributed by atoms with Crippen LogP contribution in [0.4, 0.5) is 0 Å². The van der Waals surface area contributed by atoms with Gasteiger partial charge in [0.25, 0.3) is 0 Å². The zero-order chi connectivity index (χ0) is 18.5. The molecule has 1 fully saturated rings. The summed E-state index contributed by atoms with van der Waals surface area (Å²) in [6.45, 7) is 10.7. The zero-order valence-corrected chi connectivity index (χ0v) is 16.4. The standard InChI is InChI=1S/C22H30N2O2/c1-17-8-9-19(18(2)14-17)15-23-10-12-24(13-11-23)16-20-6-5-7-21(25-3)22(20)26-4/h5-9,14H,10-13,15-16H2,1-4H3. The molecule has 0 bridgehead atoms. The van der Waals surface area contributed by atoms with Crippen molar-refractivity contribution in [3.8, 4) is 11.5 Å². The van der Waals surface area contributed by atoms with E-state index in [2.05, 4.69) is 47.9 Å². The molecule has 2 aromatic carbocycles. The predicted octanol–water partition coefficient (Wildman–Crippen LogP) is 3.64. The topological polar surface area (TPSA) is 24.9 Å². The highest BCUT2D eigenvalue weighted by molar-refractivity contribution is 5.46. The molecule has 140 valence electrons. The molecule has 1 aliphatic rings. The molecule has 0 aromatic heterocycles. The van der Waals surface area contributed by atoms with Gasteiger partial charge in [0.1, 0.15) is 0 Å². The molecule has 3 rings (SSSR count). The molecule has 2 aromatic rings. The van der Waals surface area contributed by atoms with Crippen LogP contribution in [-0.4, -0.2) is 50.2 Å². The Balaban J connectivity index is 1.57. The van der Waals surface area contributed by atoms with Gasteiger partial charge in [-0.2, -0.15) is 0 Å². The van der Waals surface area contributed by atoms with E-state index in [-0.39, 0.29) is 0 Å². The fourth-order valence-corrected chi connectivity index (χ4v) is 3.69. The molecule has 1 saturated heterocycles. The van der Waals surface area contributed by atoms with Crippen molar-refractivity contribution in [2.24, 2.45) is 0 Å². The minimum Gasteiger partial charge on any atom is -0.493 e. The number of piperazine rings is 1. The lowest BCUT2D eigenvalue weighted by Gasteiger charge is -2.35. The summed E-state index contributed by atoms with van der Waals surface area (Å²) in [6.07, 6.45) is 0. The van der Waals surface area contributed by atoms with Crippen molar-refractivity contribution in [3.63, 3.8) is 0 Å². The summed E-state index contributed by atoms with van der Waals surface area (Å²) in [6, 6.07) is 12.9. The fraction of sp³-hybridized carbons (Fsp3) is 0.455. The Morgan fingerprint density at radius 2 is 1.46 bits per heavy atom. The number of benzene rings is 2. The maximum atomic E-state index is 5.57. The number of aryl methyl sites for hydroxylation is 2. The first kappa shape index (κ1) is 18.7. The van der Waals surface area contributed by atoms with E-state index in [4.69, 9.17) is 9.47 Å². The summed E-state index contributed by atoms with van der Waals surface area (Å²) in [5.74, 6) is 1.66. The number of nitrogens with zero attached hydrogens (tertiary/aromatic N) is 2. The van der Waals surface area contributed by atoms with Crippen molar-refractivity contribution in [2.75, 3.05) is 40.4 Å². The highest BCUT2D eigenvalue weighted by Crippen LogP contribution is 2.31. The SMILES string of the molecule is COc1cccc(CN2CCN(Cc3ccc(C)cc3C)CC2)c1OC. The Hall–Kier alpha value is -2.04. The van der Waals surface area contributed by atoms with Gasteiger partial charge in [-0.3, -0.25) is 9.80 Å². The Bertz CT molecular complexity index is 737. The van der Waals surface area contributed by atoms with E-state index in [0.29, 0.717) is 0 Å². The predicted molar refractivity (Wildman–Crippen MR) is 106 cm³/mol. The maximum Gasteiger partial charge on any atom is 0.165 e. The average molecular weight is 354 g/mol. The first-order valence-corrected chi connectivity index (χ1v) is 9.31. The second-order valence-electron chi connectivity index (χ2n) is 7.13. The molecule has 0 spiro atoms. The summed E-state index contributed by atoms with van der Waals surface area (Å²) in [5.41, 5.74) is 5.37. The van der Waals surface area contributed by atoms with Crippen LogP contribution in [0.1, 0.15) is 22.3 Å². The van der Waals surface area contributed by atoms with Gasteiger partial charge in [-0.1, -0.05) is 35.9 Å². The summed E-state index contributed by atoms with van der Waals surface area (Å²) < 4.78 is 11.0. The molecule has 26 heavy (non-hydrogen) atoms. The van der Waals surface area contributed by atoms with Crippen LogP contribution in [0.3, 0.4) is 0 Å². The summed E-state index contributed by atoms with van der Waals surface area (Å²) in [5, 5.41) is 0. The van der Waals surface area contributed by atoms with E-state index in [1.165, 1.54) is 22.3 Å². The van der Waals surface area contributed by atoms with Gasteiger partial charge >= 0.3 is 0 Å². The normalized spacial score (nSPS) is 15.8. The van der Waals surface area contributed by atoms with Crippen LogP contribution >= 0.6 is 0 Å². The molecule has 0 aliphatic carbocycles. The lowest BCUT2D eigenvalue weighted by molar-refractivity contribution is 0.121. The summed E-state index contributed by atoms with van der Waals surface area (Å²) in [4.78, 5) is 5.05. The van der Waals surface area contributed by atoms with Gasteiger partial charge in [-0.25, -0.2) is 0 Å². The third-order valence-electron chi connectivity index (χ3n) is 5.24. The number of methoxy groups -OCH3 is 2. The lowest BCUT2D eigenvalue weighted by Crippen LogP contribution is -2.45. The first-order chi connectivity index (χ1) is 12.6. The van der Waals surface area contributed by atoms with E-state index >= 15 is 0 Å². The van der Waals surface area contributed by atoms with Gasteiger partial charge in [-0.15, -0.1) is 0 Å². The second-order valence-corrected chi connectivity index (χ2v) is 7.13. The van der Waals surface area contributed by atoms with Crippen molar-refractivity contribution in [1.82, 2.24) is 9.80 Å². The maximum absolute atomic E-state index is 5.57. The molecular formula is C22H30N2O2. The van der Waals surface area contributed by atoms with Crippen molar-refractivity contribution in [3.05, 3.63) is 58.7 Å². The molecule has 0 saturated carbocycles. The number of hydrogen-bond donors (Lipinski definition) is 0. The fourth-order valence-electron chi connectivity index (χ4n) is 3.69. The third kappa shape index (κ3) is 4.37. The lowest BCUT2D eigenvalue weighted by atomic mass is 10.0. The minimum atomic E-state index is 0.804. The number of para-hydroxylation sites is 1. The number of rotatable bonds is 6. The average Bonchev–Trinajstić information content (AvgIpc) is 2.65. The molecule has 4 nitrogen and oxygen atoms in total. The number of hydrogen-bond acceptors (Lipinski definition) is 4. The second kappa shape index (κ2) is 8.56. The quantitative estimate of drug-likeness (QED) is 0.791. The van der Waals surface area contributed by atoms with E-state index in [0.717, 1.165) is 50.8 Å². The van der Waals surface area contributed by atoms with Gasteiger partial charge in [0, 0.05) is 44.8 Å². The van der Waals surface area contributed by atoms with E-state index in [9.17, 15) is 0 Å². The molecule has 1 aliphatic heterocycles. The van der Waals surface area contributed by atoms with Crippen molar-refractivity contribution < 1.29 is 9.47 Å². The van der Waals surface area contributed by atoms with Gasteiger partial charge in [0.05, 0.1) is 14.2 Å². The first-order valence-electron chi connectivity index (χ1n) is 9.31. The smallest absolute Gasteiger partial charge is 0.165 e. The minimum absolute atomic E-state index is 0.804. The Morgan fingerprint density at radius 3 is 2.04 bits per heavy atom. The van der Waals surface area contributed by atoms with Gasteiger partial charge in [0.15, 0.2) is 11.5 Å². The number of ether oxygens (including phenoxy) is 2. The third-order valence-corrected chi connectivity index (χ3v) is 5.24. The Morgan fingerprint density at radius 1 is 0.808 bits per heavy atom. The van der Waals surface area contributed by atoms with E-state index in [1.54, 1.807) is 14.2 Å². The molecular weight excluding hydrogens is 324 g/mol. The summed E-state index contributed by atoms with van der Waals surface area (Å²) >= 11 is 0. The highest BCUT2D eigenvalue weighted by Gasteiger charge is 2.19. The monoisotopic (exact) mass is 354 g/mol. The van der Waals surface area contributed by atoms with Crippen LogP contribution in [0.25, 0.3) is 0 Å². The zero-order valence-electron chi connectivity index (χ0n) is 16.4. The van der Waals surface area contributed by atoms with Crippen molar-refractivity contribution in [1.29, 1.82) is 0 Å². The van der Waals surface area contributed by atoms with Gasteiger partial charge in [-0.05, 0) is 31.0 Å². The van der Waals surface area contributed by atoms with Crippen LogP contribution in [0.15, 0.2) is 36.4 Å². The van der Waals surface area contributed by atoms with E-state index in [1.807, 2.05) is 12.1 Å². The summed E-state index contributed by atoms with van der Waals surface area (Å²) in [7, 11) is 3.40. The van der Waals surface area contributed by atoms with Crippen LogP contribution in [-0.2, 0) is 13.1 Å². The Kier molecular flexibility index (Phi) is 6.17. The van der Waals surface area contributed by atoms with Gasteiger partial charge < -0.3 is 9.47 Å². The molecule has 4 heteroatoms. The van der Waals surface area contributed by atoms with Crippen LogP contribution in [0.5, 0.6) is 11.5 Å². The van der Waals surface area contributed by atoms with Crippen LogP contribution < -0.4 is 9.47 Å². The van der Waals surface area contributed by atoms with Crippen molar-refractivity contribution in [2.45, 2.75) is 26.9 Å². The highest BCUT2D eigenvalue weighted by atomic mass is 16.5. The van der Waals surface area contributed by atoms with E-state index < -0.39 is 0 Å². The molecule has 0 unspecified atom stereocenters. The van der Waals surface area contributed by atoms with Gasteiger partial charge in [0.2, 0.25) is 0 Å². The Labute approximate surface area is 157 Å². The molecule has 0 radical (unpaired) electrons. The van der Waals surface area contributed by atoms with Crippen molar-refractivity contribution >= 4 is 0 Å². The molecule has 0 atom stereocenters. The largest absolute Gasteiger partial charge is 0.493 e.